The number of rotatable bonds is 5. The number of benzene rings is 2. The third-order valence-corrected chi connectivity index (χ3v) is 4.10. The molecule has 1 heterocycles. The molecule has 1 atom stereocenters. The summed E-state index contributed by atoms with van der Waals surface area (Å²) in [4.78, 5) is 25.3. The van der Waals surface area contributed by atoms with Gasteiger partial charge >= 0.3 is 0 Å². The molecule has 1 amide bonds. The standard InChI is InChI=1S/C18H18N2O4/c21-18(12-14-6-4-5-9-17(14)20(22)23)19(16-10-11-24-13-16)15-7-2-1-3-8-15/h1-9,16H,10-13H2/t16-/m1/s1. The van der Waals surface area contributed by atoms with Gasteiger partial charge in [-0.05, 0) is 18.6 Å². The highest BCUT2D eigenvalue weighted by molar-refractivity contribution is 5.95. The highest BCUT2D eigenvalue weighted by atomic mass is 16.6. The van der Waals surface area contributed by atoms with Crippen LogP contribution in [0.2, 0.25) is 0 Å². The lowest BCUT2D eigenvalue weighted by Crippen LogP contribution is -2.41. The van der Waals surface area contributed by atoms with Gasteiger partial charge < -0.3 is 9.64 Å². The number of nitro benzene ring substituents is 1. The lowest BCUT2D eigenvalue weighted by molar-refractivity contribution is -0.385. The maximum atomic E-state index is 12.9. The Balaban J connectivity index is 1.88. The summed E-state index contributed by atoms with van der Waals surface area (Å²) in [5, 5.41) is 11.2. The van der Waals surface area contributed by atoms with Gasteiger partial charge in [0, 0.05) is 23.9 Å². The minimum atomic E-state index is -0.450. The molecule has 2 aromatic rings. The predicted molar refractivity (Wildman–Crippen MR) is 90.0 cm³/mol. The van der Waals surface area contributed by atoms with Crippen molar-refractivity contribution in [3.05, 3.63) is 70.3 Å². The van der Waals surface area contributed by atoms with Crippen molar-refractivity contribution < 1.29 is 14.5 Å². The molecular weight excluding hydrogens is 308 g/mol. The normalized spacial score (nSPS) is 16.8. The van der Waals surface area contributed by atoms with Crippen LogP contribution in [0.1, 0.15) is 12.0 Å². The molecule has 124 valence electrons. The van der Waals surface area contributed by atoms with Gasteiger partial charge in [-0.3, -0.25) is 14.9 Å². The molecule has 0 radical (unpaired) electrons. The smallest absolute Gasteiger partial charge is 0.273 e. The minimum Gasteiger partial charge on any atom is -0.379 e. The second-order valence-corrected chi connectivity index (χ2v) is 5.68. The zero-order chi connectivity index (χ0) is 16.9. The van der Waals surface area contributed by atoms with Crippen LogP contribution in [0.5, 0.6) is 0 Å². The topological polar surface area (TPSA) is 72.7 Å². The Morgan fingerprint density at radius 2 is 1.88 bits per heavy atom. The first-order chi connectivity index (χ1) is 11.7. The molecule has 1 aliphatic heterocycles. The molecule has 2 aromatic carbocycles. The molecule has 1 fully saturated rings. The van der Waals surface area contributed by atoms with Gasteiger partial charge in [-0.1, -0.05) is 36.4 Å². The molecule has 6 nitrogen and oxygen atoms in total. The van der Waals surface area contributed by atoms with E-state index in [0.717, 1.165) is 12.1 Å². The molecule has 6 heteroatoms. The lowest BCUT2D eigenvalue weighted by Gasteiger charge is -2.28. The van der Waals surface area contributed by atoms with Gasteiger partial charge in [0.1, 0.15) is 0 Å². The number of carbonyl (C=O) groups excluding carboxylic acids is 1. The molecular formula is C18H18N2O4. The molecule has 0 spiro atoms. The van der Waals surface area contributed by atoms with Crippen molar-refractivity contribution in [3.8, 4) is 0 Å². The van der Waals surface area contributed by atoms with Gasteiger partial charge in [-0.2, -0.15) is 0 Å². The molecule has 1 aliphatic rings. The zero-order valence-corrected chi connectivity index (χ0v) is 13.1. The monoisotopic (exact) mass is 326 g/mol. The van der Waals surface area contributed by atoms with Crippen LogP contribution in [0.15, 0.2) is 54.6 Å². The van der Waals surface area contributed by atoms with Crippen molar-refractivity contribution >= 4 is 17.3 Å². The number of carbonyl (C=O) groups is 1. The van der Waals surface area contributed by atoms with Gasteiger partial charge in [-0.15, -0.1) is 0 Å². The van der Waals surface area contributed by atoms with E-state index < -0.39 is 4.92 Å². The van der Waals surface area contributed by atoms with E-state index in [4.69, 9.17) is 4.74 Å². The first-order valence-electron chi connectivity index (χ1n) is 7.84. The van der Waals surface area contributed by atoms with E-state index in [2.05, 4.69) is 0 Å². The third kappa shape index (κ3) is 3.44. The van der Waals surface area contributed by atoms with Gasteiger partial charge in [-0.25, -0.2) is 0 Å². The Hall–Kier alpha value is -2.73. The average molecular weight is 326 g/mol. The number of nitro groups is 1. The predicted octanol–water partition coefficient (Wildman–Crippen LogP) is 2.96. The van der Waals surface area contributed by atoms with E-state index in [-0.39, 0.29) is 24.1 Å². The summed E-state index contributed by atoms with van der Waals surface area (Å²) in [7, 11) is 0. The molecule has 0 unspecified atom stereocenters. The van der Waals surface area contributed by atoms with Crippen LogP contribution in [-0.4, -0.2) is 30.1 Å². The van der Waals surface area contributed by atoms with E-state index in [1.807, 2.05) is 30.3 Å². The second-order valence-electron chi connectivity index (χ2n) is 5.68. The van der Waals surface area contributed by atoms with Crippen molar-refractivity contribution in [3.63, 3.8) is 0 Å². The van der Waals surface area contributed by atoms with Crippen molar-refractivity contribution in [2.45, 2.75) is 18.9 Å². The summed E-state index contributed by atoms with van der Waals surface area (Å²) in [6.07, 6.45) is 0.750. The molecule has 0 N–H and O–H groups in total. The average Bonchev–Trinajstić information content (AvgIpc) is 3.10. The Labute approximate surface area is 139 Å². The van der Waals surface area contributed by atoms with Gasteiger partial charge in [0.25, 0.3) is 5.69 Å². The molecule has 24 heavy (non-hydrogen) atoms. The van der Waals surface area contributed by atoms with Crippen LogP contribution in [-0.2, 0) is 16.0 Å². The molecule has 0 bridgehead atoms. The molecule has 1 saturated heterocycles. The Kier molecular flexibility index (Phi) is 4.86. The third-order valence-electron chi connectivity index (χ3n) is 4.10. The summed E-state index contributed by atoms with van der Waals surface area (Å²) in [5.41, 5.74) is 1.19. The van der Waals surface area contributed by atoms with Gasteiger partial charge in [0.05, 0.1) is 24.0 Å². The Morgan fingerprint density at radius 1 is 1.17 bits per heavy atom. The van der Waals surface area contributed by atoms with E-state index in [0.29, 0.717) is 18.8 Å². The van der Waals surface area contributed by atoms with Gasteiger partial charge in [0.15, 0.2) is 0 Å². The van der Waals surface area contributed by atoms with Crippen LogP contribution >= 0.6 is 0 Å². The highest BCUT2D eigenvalue weighted by Gasteiger charge is 2.29. The summed E-state index contributed by atoms with van der Waals surface area (Å²) < 4.78 is 5.42. The molecule has 0 aliphatic carbocycles. The van der Waals surface area contributed by atoms with Crippen molar-refractivity contribution in [2.75, 3.05) is 18.1 Å². The summed E-state index contributed by atoms with van der Waals surface area (Å²) in [5.74, 6) is -0.161. The van der Waals surface area contributed by atoms with E-state index in [1.165, 1.54) is 6.07 Å². The lowest BCUT2D eigenvalue weighted by atomic mass is 10.1. The Bertz CT molecular complexity index is 727. The fraction of sp³-hybridized carbons (Fsp3) is 0.278. The fourth-order valence-electron chi connectivity index (χ4n) is 2.96. The minimum absolute atomic E-state index is 0.0114. The van der Waals surface area contributed by atoms with Crippen LogP contribution in [0, 0.1) is 10.1 Å². The number of nitrogens with zero attached hydrogens (tertiary/aromatic N) is 2. The Morgan fingerprint density at radius 3 is 2.54 bits per heavy atom. The number of ether oxygens (including phenoxy) is 1. The van der Waals surface area contributed by atoms with Crippen molar-refractivity contribution in [2.24, 2.45) is 0 Å². The van der Waals surface area contributed by atoms with Gasteiger partial charge in [0.2, 0.25) is 5.91 Å². The molecule has 0 saturated carbocycles. The number of hydrogen-bond donors (Lipinski definition) is 0. The highest BCUT2D eigenvalue weighted by Crippen LogP contribution is 2.25. The van der Waals surface area contributed by atoms with Crippen LogP contribution < -0.4 is 4.90 Å². The molecule has 3 rings (SSSR count). The quantitative estimate of drug-likeness (QED) is 0.625. The van der Waals surface area contributed by atoms with Crippen LogP contribution in [0.3, 0.4) is 0 Å². The zero-order valence-electron chi connectivity index (χ0n) is 13.1. The van der Waals surface area contributed by atoms with Crippen molar-refractivity contribution in [1.29, 1.82) is 0 Å². The fourth-order valence-corrected chi connectivity index (χ4v) is 2.96. The summed E-state index contributed by atoms with van der Waals surface area (Å²) in [6.45, 7) is 1.10. The van der Waals surface area contributed by atoms with E-state index in [9.17, 15) is 14.9 Å². The summed E-state index contributed by atoms with van der Waals surface area (Å²) in [6, 6.07) is 15.7. The first kappa shape index (κ1) is 16.1. The second kappa shape index (κ2) is 7.23. The van der Waals surface area contributed by atoms with Crippen molar-refractivity contribution in [1.82, 2.24) is 0 Å². The first-order valence-corrected chi connectivity index (χ1v) is 7.84. The molecule has 0 aromatic heterocycles. The SMILES string of the molecule is O=C(Cc1ccccc1[N+](=O)[O-])N(c1ccccc1)[C@@H]1CCOC1. The number of para-hydroxylation sites is 2. The van der Waals surface area contributed by atoms with E-state index in [1.54, 1.807) is 23.1 Å². The van der Waals surface area contributed by atoms with Crippen LogP contribution in [0.4, 0.5) is 11.4 Å². The van der Waals surface area contributed by atoms with E-state index >= 15 is 0 Å². The maximum absolute atomic E-state index is 12.9. The number of hydrogen-bond acceptors (Lipinski definition) is 4. The number of anilines is 1. The number of amides is 1. The maximum Gasteiger partial charge on any atom is 0.273 e. The van der Waals surface area contributed by atoms with Crippen LogP contribution in [0.25, 0.3) is 0 Å². The largest absolute Gasteiger partial charge is 0.379 e. The summed E-state index contributed by atoms with van der Waals surface area (Å²) >= 11 is 0.